The van der Waals surface area contributed by atoms with Gasteiger partial charge in [-0.05, 0) is 70.2 Å². The van der Waals surface area contributed by atoms with E-state index in [1.807, 2.05) is 19.9 Å². The van der Waals surface area contributed by atoms with Crippen LogP contribution in [-0.2, 0) is 11.3 Å². The van der Waals surface area contributed by atoms with E-state index < -0.39 is 0 Å². The highest BCUT2D eigenvalue weighted by Crippen LogP contribution is 2.58. The SMILES string of the molecule is Cc1ccc(CNC(=O)C2CC23CCNCC3)c(OC(C)C)c1.Cl. The monoisotopic (exact) mass is 352 g/mol. The molecule has 4 nitrogen and oxygen atoms in total. The van der Waals surface area contributed by atoms with Crippen molar-refractivity contribution in [3.05, 3.63) is 29.3 Å². The quantitative estimate of drug-likeness (QED) is 0.855. The standard InChI is InChI=1S/C19H28N2O2.ClH/c1-13(2)23-17-10-14(3)4-5-15(17)12-21-18(22)16-11-19(16)6-8-20-9-7-19;/h4-5,10,13,16,20H,6-9,11-12H2,1-3H3,(H,21,22);1H. The number of aryl methyl sites for hydroxylation is 1. The molecule has 2 fully saturated rings. The molecule has 1 amide bonds. The fraction of sp³-hybridized carbons (Fsp3) is 0.632. The Balaban J connectivity index is 0.00000208. The molecule has 134 valence electrons. The lowest BCUT2D eigenvalue weighted by Crippen LogP contribution is -2.33. The van der Waals surface area contributed by atoms with Crippen molar-refractivity contribution in [2.24, 2.45) is 11.3 Å². The number of benzene rings is 1. The first kappa shape index (κ1) is 19.1. The van der Waals surface area contributed by atoms with E-state index in [0.717, 1.165) is 43.7 Å². The first-order valence-electron chi connectivity index (χ1n) is 8.75. The molecule has 1 spiro atoms. The van der Waals surface area contributed by atoms with Crippen molar-refractivity contribution in [3.63, 3.8) is 0 Å². The van der Waals surface area contributed by atoms with Gasteiger partial charge < -0.3 is 15.4 Å². The zero-order valence-electron chi connectivity index (χ0n) is 14.9. The van der Waals surface area contributed by atoms with Crippen LogP contribution in [-0.4, -0.2) is 25.1 Å². The van der Waals surface area contributed by atoms with Crippen LogP contribution < -0.4 is 15.4 Å². The van der Waals surface area contributed by atoms with E-state index in [4.69, 9.17) is 4.74 Å². The maximum absolute atomic E-state index is 12.5. The Bertz CT molecular complexity index is 583. The Morgan fingerprint density at radius 3 is 2.75 bits per heavy atom. The molecule has 0 radical (unpaired) electrons. The molecular formula is C19H29ClN2O2. The summed E-state index contributed by atoms with van der Waals surface area (Å²) in [5.41, 5.74) is 2.52. The summed E-state index contributed by atoms with van der Waals surface area (Å²) < 4.78 is 5.88. The van der Waals surface area contributed by atoms with E-state index >= 15 is 0 Å². The second-order valence-electron chi connectivity index (χ2n) is 7.36. The van der Waals surface area contributed by atoms with Crippen LogP contribution in [0.25, 0.3) is 0 Å². The molecule has 0 bridgehead atoms. The number of hydrogen-bond acceptors (Lipinski definition) is 3. The van der Waals surface area contributed by atoms with Crippen molar-refractivity contribution in [1.29, 1.82) is 0 Å². The molecule has 5 heteroatoms. The van der Waals surface area contributed by atoms with E-state index in [-0.39, 0.29) is 30.3 Å². The summed E-state index contributed by atoms with van der Waals surface area (Å²) in [6.45, 7) is 8.75. The first-order valence-corrected chi connectivity index (χ1v) is 8.75. The van der Waals surface area contributed by atoms with Crippen LogP contribution in [0.2, 0.25) is 0 Å². The average molecular weight is 353 g/mol. The van der Waals surface area contributed by atoms with Gasteiger partial charge in [-0.1, -0.05) is 12.1 Å². The maximum Gasteiger partial charge on any atom is 0.223 e. The molecule has 0 aromatic heterocycles. The molecule has 3 rings (SSSR count). The summed E-state index contributed by atoms with van der Waals surface area (Å²) in [6, 6.07) is 6.17. The van der Waals surface area contributed by atoms with E-state index in [0.29, 0.717) is 12.0 Å². The predicted molar refractivity (Wildman–Crippen MR) is 98.7 cm³/mol. The van der Waals surface area contributed by atoms with Crippen LogP contribution >= 0.6 is 12.4 Å². The largest absolute Gasteiger partial charge is 0.491 e. The number of carbonyl (C=O) groups excluding carboxylic acids is 1. The van der Waals surface area contributed by atoms with Gasteiger partial charge in [-0.15, -0.1) is 12.4 Å². The normalized spacial score (nSPS) is 21.2. The van der Waals surface area contributed by atoms with Gasteiger partial charge in [0, 0.05) is 18.0 Å². The molecule has 1 aliphatic carbocycles. The average Bonchev–Trinajstić information content (AvgIpc) is 3.19. The van der Waals surface area contributed by atoms with Gasteiger partial charge in [0.15, 0.2) is 0 Å². The van der Waals surface area contributed by atoms with Gasteiger partial charge in [0.1, 0.15) is 5.75 Å². The number of nitrogens with one attached hydrogen (secondary N) is 2. The number of ether oxygens (including phenoxy) is 1. The van der Waals surface area contributed by atoms with Gasteiger partial charge in [-0.3, -0.25) is 4.79 Å². The summed E-state index contributed by atoms with van der Waals surface area (Å²) in [7, 11) is 0. The molecule has 1 atom stereocenters. The zero-order chi connectivity index (χ0) is 16.4. The lowest BCUT2D eigenvalue weighted by molar-refractivity contribution is -0.123. The lowest BCUT2D eigenvalue weighted by atomic mass is 9.92. The summed E-state index contributed by atoms with van der Waals surface area (Å²) in [4.78, 5) is 12.5. The van der Waals surface area contributed by atoms with E-state index in [2.05, 4.69) is 29.7 Å². The minimum absolute atomic E-state index is 0. The van der Waals surface area contributed by atoms with Crippen LogP contribution in [0.1, 0.15) is 44.2 Å². The number of halogens is 1. The minimum atomic E-state index is 0. The van der Waals surface area contributed by atoms with Gasteiger partial charge in [-0.2, -0.15) is 0 Å². The lowest BCUT2D eigenvalue weighted by Gasteiger charge is -2.23. The van der Waals surface area contributed by atoms with Crippen molar-refractivity contribution in [2.45, 2.75) is 52.7 Å². The molecule has 1 heterocycles. The molecule has 1 aliphatic heterocycles. The van der Waals surface area contributed by atoms with Crippen LogP contribution in [0.5, 0.6) is 5.75 Å². The summed E-state index contributed by atoms with van der Waals surface area (Å²) in [5.74, 6) is 1.31. The minimum Gasteiger partial charge on any atom is -0.491 e. The first-order chi connectivity index (χ1) is 11.0. The summed E-state index contributed by atoms with van der Waals surface area (Å²) in [6.07, 6.45) is 3.46. The molecule has 2 N–H and O–H groups in total. The fourth-order valence-electron chi connectivity index (χ4n) is 3.67. The number of carbonyl (C=O) groups is 1. The van der Waals surface area contributed by atoms with Crippen molar-refractivity contribution in [2.75, 3.05) is 13.1 Å². The number of rotatable bonds is 5. The zero-order valence-corrected chi connectivity index (χ0v) is 15.7. The van der Waals surface area contributed by atoms with Crippen LogP contribution in [0, 0.1) is 18.3 Å². The second kappa shape index (κ2) is 7.75. The molecule has 1 aromatic rings. The molecular weight excluding hydrogens is 324 g/mol. The Labute approximate surface area is 151 Å². The highest BCUT2D eigenvalue weighted by molar-refractivity contribution is 5.85. The number of piperidine rings is 1. The van der Waals surface area contributed by atoms with Crippen LogP contribution in [0.4, 0.5) is 0 Å². The third-order valence-electron chi connectivity index (χ3n) is 5.14. The van der Waals surface area contributed by atoms with Gasteiger partial charge >= 0.3 is 0 Å². The van der Waals surface area contributed by atoms with Gasteiger partial charge in [0.05, 0.1) is 6.10 Å². The third kappa shape index (κ3) is 4.22. The molecule has 1 aromatic carbocycles. The Kier molecular flexibility index (Phi) is 6.16. The van der Waals surface area contributed by atoms with Gasteiger partial charge in [-0.25, -0.2) is 0 Å². The highest BCUT2D eigenvalue weighted by Gasteiger charge is 2.57. The van der Waals surface area contributed by atoms with Gasteiger partial charge in [0.2, 0.25) is 5.91 Å². The highest BCUT2D eigenvalue weighted by atomic mass is 35.5. The van der Waals surface area contributed by atoms with Crippen molar-refractivity contribution in [1.82, 2.24) is 10.6 Å². The van der Waals surface area contributed by atoms with E-state index in [1.54, 1.807) is 0 Å². The maximum atomic E-state index is 12.5. The Morgan fingerprint density at radius 1 is 1.38 bits per heavy atom. The van der Waals surface area contributed by atoms with Crippen molar-refractivity contribution < 1.29 is 9.53 Å². The molecule has 1 saturated carbocycles. The van der Waals surface area contributed by atoms with Gasteiger partial charge in [0.25, 0.3) is 0 Å². The molecule has 1 unspecified atom stereocenters. The summed E-state index contributed by atoms with van der Waals surface area (Å²) in [5, 5.41) is 6.51. The topological polar surface area (TPSA) is 50.4 Å². The molecule has 1 saturated heterocycles. The fourth-order valence-corrected chi connectivity index (χ4v) is 3.67. The molecule has 24 heavy (non-hydrogen) atoms. The van der Waals surface area contributed by atoms with Crippen molar-refractivity contribution >= 4 is 18.3 Å². The third-order valence-corrected chi connectivity index (χ3v) is 5.14. The summed E-state index contributed by atoms with van der Waals surface area (Å²) >= 11 is 0. The smallest absolute Gasteiger partial charge is 0.223 e. The van der Waals surface area contributed by atoms with Crippen LogP contribution in [0.15, 0.2) is 18.2 Å². The number of hydrogen-bond donors (Lipinski definition) is 2. The van der Waals surface area contributed by atoms with E-state index in [9.17, 15) is 4.79 Å². The predicted octanol–water partition coefficient (Wildman–Crippen LogP) is 3.21. The number of amides is 1. The molecule has 2 aliphatic rings. The van der Waals surface area contributed by atoms with Crippen molar-refractivity contribution in [3.8, 4) is 5.75 Å². The second-order valence-corrected chi connectivity index (χ2v) is 7.36. The van der Waals surface area contributed by atoms with E-state index in [1.165, 1.54) is 5.56 Å². The van der Waals surface area contributed by atoms with Crippen LogP contribution in [0.3, 0.4) is 0 Å². The Morgan fingerprint density at radius 2 is 2.08 bits per heavy atom. The Hall–Kier alpha value is -1.26.